The number of anilines is 1. The number of nitrogens with zero attached hydrogens (tertiary/aromatic N) is 3. The summed E-state index contributed by atoms with van der Waals surface area (Å²) in [5, 5.41) is 12.9. The lowest BCUT2D eigenvalue weighted by atomic mass is 9.97. The van der Waals surface area contributed by atoms with Gasteiger partial charge >= 0.3 is 0 Å². The molecule has 1 unspecified atom stereocenters. The maximum absolute atomic E-state index is 9.34. The number of rotatable bonds is 4. The molecule has 0 radical (unpaired) electrons. The molecule has 2 heterocycles. The van der Waals surface area contributed by atoms with Crippen LogP contribution in [0.5, 0.6) is 0 Å². The second kappa shape index (κ2) is 6.71. The van der Waals surface area contributed by atoms with Crippen LogP contribution in [0.15, 0.2) is 12.3 Å². The van der Waals surface area contributed by atoms with Crippen LogP contribution in [0.25, 0.3) is 0 Å². The zero-order valence-corrected chi connectivity index (χ0v) is 12.7. The van der Waals surface area contributed by atoms with Crippen molar-refractivity contribution in [2.24, 2.45) is 5.92 Å². The van der Waals surface area contributed by atoms with E-state index in [1.165, 1.54) is 12.8 Å². The maximum atomic E-state index is 9.34. The van der Waals surface area contributed by atoms with Crippen LogP contribution in [0.4, 0.5) is 5.82 Å². The quantitative estimate of drug-likeness (QED) is 0.915. The zero-order chi connectivity index (χ0) is 14.5. The van der Waals surface area contributed by atoms with E-state index in [2.05, 4.69) is 35.1 Å². The van der Waals surface area contributed by atoms with Crippen LogP contribution in [-0.2, 0) is 0 Å². The molecular formula is C16H24N4. The topological polar surface area (TPSA) is 52.0 Å². The van der Waals surface area contributed by atoms with Gasteiger partial charge in [0.15, 0.2) is 0 Å². The lowest BCUT2D eigenvalue weighted by molar-refractivity contribution is 0.378. The van der Waals surface area contributed by atoms with E-state index in [0.717, 1.165) is 36.6 Å². The summed E-state index contributed by atoms with van der Waals surface area (Å²) in [6.45, 7) is 9.37. The molecule has 1 saturated heterocycles. The van der Waals surface area contributed by atoms with Gasteiger partial charge in [-0.25, -0.2) is 4.98 Å². The minimum atomic E-state index is 0.525. The monoisotopic (exact) mass is 272 g/mol. The van der Waals surface area contributed by atoms with Gasteiger partial charge in [-0.15, -0.1) is 0 Å². The summed E-state index contributed by atoms with van der Waals surface area (Å²) in [6.07, 6.45) is 4.23. The fourth-order valence-corrected chi connectivity index (χ4v) is 2.75. The molecule has 0 spiro atoms. The number of nitrogens with one attached hydrogen (secondary N) is 1. The van der Waals surface area contributed by atoms with Crippen molar-refractivity contribution in [3.8, 4) is 6.07 Å². The molecule has 1 aliphatic heterocycles. The zero-order valence-electron chi connectivity index (χ0n) is 12.7. The van der Waals surface area contributed by atoms with Gasteiger partial charge in [-0.3, -0.25) is 0 Å². The number of pyridine rings is 1. The molecule has 4 heteroatoms. The summed E-state index contributed by atoms with van der Waals surface area (Å²) in [6, 6.07) is 4.74. The molecule has 1 N–H and O–H groups in total. The van der Waals surface area contributed by atoms with Gasteiger partial charge in [-0.05, 0) is 43.9 Å². The number of hydrogen-bond acceptors (Lipinski definition) is 4. The Hall–Kier alpha value is -1.60. The highest BCUT2D eigenvalue weighted by molar-refractivity contribution is 5.57. The fraction of sp³-hybridized carbons (Fsp3) is 0.625. The summed E-state index contributed by atoms with van der Waals surface area (Å²) in [5.41, 5.74) is 1.74. The number of piperidine rings is 1. The Morgan fingerprint density at radius 3 is 3.05 bits per heavy atom. The van der Waals surface area contributed by atoms with Crippen molar-refractivity contribution in [2.75, 3.05) is 24.5 Å². The first-order valence-electron chi connectivity index (χ1n) is 7.46. The van der Waals surface area contributed by atoms with Crippen LogP contribution in [0.2, 0.25) is 0 Å². The van der Waals surface area contributed by atoms with Crippen molar-refractivity contribution in [3.05, 3.63) is 23.4 Å². The average Bonchev–Trinajstić information content (AvgIpc) is 2.45. The van der Waals surface area contributed by atoms with E-state index in [9.17, 15) is 5.26 Å². The van der Waals surface area contributed by atoms with Gasteiger partial charge in [0.1, 0.15) is 11.9 Å². The van der Waals surface area contributed by atoms with E-state index < -0.39 is 0 Å². The third kappa shape index (κ3) is 3.49. The van der Waals surface area contributed by atoms with Crippen LogP contribution in [-0.4, -0.2) is 30.7 Å². The van der Waals surface area contributed by atoms with Crippen molar-refractivity contribution in [2.45, 2.75) is 39.7 Å². The molecule has 108 valence electrons. The largest absolute Gasteiger partial charge is 0.355 e. The number of aryl methyl sites for hydroxylation is 1. The highest BCUT2D eigenvalue weighted by Crippen LogP contribution is 2.25. The molecular weight excluding hydrogens is 248 g/mol. The van der Waals surface area contributed by atoms with Gasteiger partial charge in [0.2, 0.25) is 0 Å². The second-order valence-electron chi connectivity index (χ2n) is 5.96. The van der Waals surface area contributed by atoms with Gasteiger partial charge in [-0.1, -0.05) is 13.8 Å². The molecule has 0 bridgehead atoms. The molecule has 20 heavy (non-hydrogen) atoms. The van der Waals surface area contributed by atoms with Crippen molar-refractivity contribution in [1.82, 2.24) is 10.3 Å². The van der Waals surface area contributed by atoms with E-state index in [-0.39, 0.29) is 0 Å². The molecule has 0 aliphatic carbocycles. The molecule has 2 rings (SSSR count). The minimum Gasteiger partial charge on any atom is -0.355 e. The molecule has 0 amide bonds. The summed E-state index contributed by atoms with van der Waals surface area (Å²) in [4.78, 5) is 6.73. The molecule has 4 nitrogen and oxygen atoms in total. The Morgan fingerprint density at radius 2 is 2.35 bits per heavy atom. The molecule has 0 saturated carbocycles. The van der Waals surface area contributed by atoms with Crippen molar-refractivity contribution in [1.29, 1.82) is 5.26 Å². The Bertz CT molecular complexity index is 490. The van der Waals surface area contributed by atoms with E-state index in [1.807, 2.05) is 19.2 Å². The number of hydrogen-bond donors (Lipinski definition) is 1. The van der Waals surface area contributed by atoms with Crippen LogP contribution < -0.4 is 10.2 Å². The van der Waals surface area contributed by atoms with Gasteiger partial charge in [0.05, 0.1) is 5.56 Å². The summed E-state index contributed by atoms with van der Waals surface area (Å²) in [5.74, 6) is 1.50. The van der Waals surface area contributed by atoms with Gasteiger partial charge in [-0.2, -0.15) is 5.26 Å². The smallest absolute Gasteiger partial charge is 0.146 e. The lowest BCUT2D eigenvalue weighted by Crippen LogP contribution is -2.41. The first-order valence-corrected chi connectivity index (χ1v) is 7.46. The number of aromatic nitrogens is 1. The van der Waals surface area contributed by atoms with Gasteiger partial charge in [0.25, 0.3) is 0 Å². The Morgan fingerprint density at radius 1 is 1.55 bits per heavy atom. The Kier molecular flexibility index (Phi) is 4.97. The molecule has 1 aromatic rings. The fourth-order valence-electron chi connectivity index (χ4n) is 2.75. The van der Waals surface area contributed by atoms with E-state index in [4.69, 9.17) is 0 Å². The summed E-state index contributed by atoms with van der Waals surface area (Å²) in [7, 11) is 0. The maximum Gasteiger partial charge on any atom is 0.146 e. The number of nitriles is 1. The Labute approximate surface area is 121 Å². The molecule has 1 aromatic heterocycles. The second-order valence-corrected chi connectivity index (χ2v) is 5.96. The normalized spacial score (nSPS) is 19.1. The highest BCUT2D eigenvalue weighted by Gasteiger charge is 2.23. The van der Waals surface area contributed by atoms with Gasteiger partial charge < -0.3 is 10.2 Å². The van der Waals surface area contributed by atoms with E-state index in [0.29, 0.717) is 12.0 Å². The first-order chi connectivity index (χ1) is 9.61. The Balaban J connectivity index is 2.09. The SMILES string of the molecule is Cc1ccnc(N2CCCC(CNC(C)C)C2)c1C#N. The predicted octanol–water partition coefficient (Wildman–Crippen LogP) is 2.48. The molecule has 1 atom stereocenters. The van der Waals surface area contributed by atoms with Crippen LogP contribution >= 0.6 is 0 Å². The van der Waals surface area contributed by atoms with Crippen molar-refractivity contribution < 1.29 is 0 Å². The summed E-state index contributed by atoms with van der Waals surface area (Å²) < 4.78 is 0. The summed E-state index contributed by atoms with van der Waals surface area (Å²) >= 11 is 0. The van der Waals surface area contributed by atoms with Crippen LogP contribution in [0, 0.1) is 24.2 Å². The van der Waals surface area contributed by atoms with Crippen molar-refractivity contribution in [3.63, 3.8) is 0 Å². The lowest BCUT2D eigenvalue weighted by Gasteiger charge is -2.34. The van der Waals surface area contributed by atoms with Gasteiger partial charge in [0, 0.05) is 25.3 Å². The average molecular weight is 272 g/mol. The van der Waals surface area contributed by atoms with Crippen LogP contribution in [0.3, 0.4) is 0 Å². The van der Waals surface area contributed by atoms with Crippen LogP contribution in [0.1, 0.15) is 37.8 Å². The standard InChI is InChI=1S/C16H24N4/c1-12(2)19-10-14-5-4-8-20(11-14)16-15(9-17)13(3)6-7-18-16/h6-7,12,14,19H,4-5,8,10-11H2,1-3H3. The third-order valence-corrected chi connectivity index (χ3v) is 3.88. The van der Waals surface area contributed by atoms with E-state index in [1.54, 1.807) is 0 Å². The predicted molar refractivity (Wildman–Crippen MR) is 81.8 cm³/mol. The first kappa shape index (κ1) is 14.8. The minimum absolute atomic E-state index is 0.525. The van der Waals surface area contributed by atoms with E-state index >= 15 is 0 Å². The third-order valence-electron chi connectivity index (χ3n) is 3.88. The highest BCUT2D eigenvalue weighted by atomic mass is 15.2. The molecule has 0 aromatic carbocycles. The molecule has 1 fully saturated rings. The van der Waals surface area contributed by atoms with Crippen molar-refractivity contribution >= 4 is 5.82 Å². The molecule has 1 aliphatic rings.